The van der Waals surface area contributed by atoms with Crippen molar-refractivity contribution in [2.24, 2.45) is 0 Å². The molecule has 0 N–H and O–H groups in total. The Morgan fingerprint density at radius 2 is 2.06 bits per heavy atom. The van der Waals surface area contributed by atoms with Crippen LogP contribution in [-0.2, 0) is 17.6 Å². The number of ether oxygens (including phenoxy) is 2. The summed E-state index contributed by atoms with van der Waals surface area (Å²) in [7, 11) is 2.94. The summed E-state index contributed by atoms with van der Waals surface area (Å²) in [6, 6.07) is 0. The van der Waals surface area contributed by atoms with Crippen molar-refractivity contribution in [2.45, 2.75) is 25.7 Å². The lowest BCUT2D eigenvalue weighted by molar-refractivity contribution is 0.0596. The third-order valence-corrected chi connectivity index (χ3v) is 2.92. The predicted molar refractivity (Wildman–Crippen MR) is 58.8 cm³/mol. The van der Waals surface area contributed by atoms with Gasteiger partial charge in [0, 0.05) is 17.5 Å². The van der Waals surface area contributed by atoms with E-state index in [1.807, 2.05) is 0 Å². The van der Waals surface area contributed by atoms with Gasteiger partial charge in [-0.2, -0.15) is 0 Å². The van der Waals surface area contributed by atoms with E-state index in [-0.39, 0.29) is 0 Å². The van der Waals surface area contributed by atoms with E-state index in [1.54, 1.807) is 13.3 Å². The molecule has 0 saturated heterocycles. The first-order chi connectivity index (χ1) is 7.77. The maximum absolute atomic E-state index is 11.5. The number of fused-ring (bicyclic) bond motifs is 1. The van der Waals surface area contributed by atoms with Crippen molar-refractivity contribution in [3.8, 4) is 5.75 Å². The quantitative estimate of drug-likeness (QED) is 0.714. The molecule has 4 heteroatoms. The zero-order chi connectivity index (χ0) is 11.5. The zero-order valence-electron chi connectivity index (χ0n) is 9.58. The van der Waals surface area contributed by atoms with Crippen LogP contribution in [-0.4, -0.2) is 25.2 Å². The van der Waals surface area contributed by atoms with Crippen molar-refractivity contribution < 1.29 is 14.3 Å². The molecule has 2 rings (SSSR count). The first kappa shape index (κ1) is 10.9. The van der Waals surface area contributed by atoms with Gasteiger partial charge in [-0.3, -0.25) is 4.98 Å². The van der Waals surface area contributed by atoms with Gasteiger partial charge >= 0.3 is 5.97 Å². The molecule has 16 heavy (non-hydrogen) atoms. The van der Waals surface area contributed by atoms with Crippen molar-refractivity contribution in [3.05, 3.63) is 23.0 Å². The van der Waals surface area contributed by atoms with Crippen LogP contribution < -0.4 is 4.74 Å². The van der Waals surface area contributed by atoms with Crippen molar-refractivity contribution in [3.63, 3.8) is 0 Å². The number of hydrogen-bond donors (Lipinski definition) is 0. The summed E-state index contributed by atoms with van der Waals surface area (Å²) in [5.74, 6) is 0.245. The summed E-state index contributed by atoms with van der Waals surface area (Å²) in [5, 5.41) is 0. The highest BCUT2D eigenvalue weighted by molar-refractivity contribution is 5.92. The van der Waals surface area contributed by atoms with Crippen LogP contribution in [0, 0.1) is 0 Å². The lowest BCUT2D eigenvalue weighted by atomic mass is 9.94. The Kier molecular flexibility index (Phi) is 3.08. The molecule has 0 saturated carbocycles. The minimum Gasteiger partial charge on any atom is -0.495 e. The highest BCUT2D eigenvalue weighted by Crippen LogP contribution is 2.31. The van der Waals surface area contributed by atoms with Crippen LogP contribution in [0.15, 0.2) is 6.20 Å². The fourth-order valence-electron chi connectivity index (χ4n) is 2.13. The highest BCUT2D eigenvalue weighted by Gasteiger charge is 2.22. The van der Waals surface area contributed by atoms with E-state index in [9.17, 15) is 4.79 Å². The van der Waals surface area contributed by atoms with E-state index < -0.39 is 5.97 Å². The van der Waals surface area contributed by atoms with Crippen LogP contribution in [0.4, 0.5) is 0 Å². The second-order valence-electron chi connectivity index (χ2n) is 3.83. The molecule has 0 aliphatic heterocycles. The number of nitrogens with zero attached hydrogens (tertiary/aromatic N) is 1. The SMILES string of the molecule is COC(=O)c1cnc2c(c1OC)CCCC2. The number of hydrogen-bond acceptors (Lipinski definition) is 4. The molecule has 86 valence electrons. The molecule has 0 unspecified atom stereocenters. The van der Waals surface area contributed by atoms with Gasteiger partial charge in [-0.25, -0.2) is 4.79 Å². The number of rotatable bonds is 2. The van der Waals surface area contributed by atoms with E-state index >= 15 is 0 Å². The first-order valence-electron chi connectivity index (χ1n) is 5.41. The van der Waals surface area contributed by atoms with Gasteiger partial charge in [0.25, 0.3) is 0 Å². The van der Waals surface area contributed by atoms with E-state index in [4.69, 9.17) is 9.47 Å². The van der Waals surface area contributed by atoms with Crippen LogP contribution in [0.2, 0.25) is 0 Å². The van der Waals surface area contributed by atoms with Gasteiger partial charge in [-0.05, 0) is 25.7 Å². The third kappa shape index (κ3) is 1.75. The lowest BCUT2D eigenvalue weighted by Gasteiger charge is -2.19. The van der Waals surface area contributed by atoms with Gasteiger partial charge in [-0.15, -0.1) is 0 Å². The van der Waals surface area contributed by atoms with Gasteiger partial charge in [0.1, 0.15) is 11.3 Å². The predicted octanol–water partition coefficient (Wildman–Crippen LogP) is 1.76. The molecule has 1 heterocycles. The molecule has 1 aromatic heterocycles. The number of aromatic nitrogens is 1. The molecule has 0 atom stereocenters. The molecule has 0 radical (unpaired) electrons. The number of carbonyl (C=O) groups excluding carboxylic acids is 1. The number of aryl methyl sites for hydroxylation is 1. The molecule has 0 bridgehead atoms. The molecule has 0 aromatic carbocycles. The maximum Gasteiger partial charge on any atom is 0.343 e. The van der Waals surface area contributed by atoms with Crippen molar-refractivity contribution in [2.75, 3.05) is 14.2 Å². The van der Waals surface area contributed by atoms with Crippen molar-refractivity contribution in [1.29, 1.82) is 0 Å². The second-order valence-corrected chi connectivity index (χ2v) is 3.83. The number of esters is 1. The highest BCUT2D eigenvalue weighted by atomic mass is 16.5. The first-order valence-corrected chi connectivity index (χ1v) is 5.41. The third-order valence-electron chi connectivity index (χ3n) is 2.92. The Bertz CT molecular complexity index is 415. The summed E-state index contributed by atoms with van der Waals surface area (Å²) in [6.07, 6.45) is 5.72. The lowest BCUT2D eigenvalue weighted by Crippen LogP contribution is -2.12. The molecule has 1 aliphatic rings. The van der Waals surface area contributed by atoms with Gasteiger partial charge in [0.05, 0.1) is 14.2 Å². The van der Waals surface area contributed by atoms with Crippen LogP contribution in [0.3, 0.4) is 0 Å². The summed E-state index contributed by atoms with van der Waals surface area (Å²) in [5.41, 5.74) is 2.54. The van der Waals surface area contributed by atoms with Gasteiger partial charge in [0.2, 0.25) is 0 Å². The minimum atomic E-state index is -0.391. The van der Waals surface area contributed by atoms with E-state index in [1.165, 1.54) is 7.11 Å². The summed E-state index contributed by atoms with van der Waals surface area (Å²) >= 11 is 0. The molecule has 1 aliphatic carbocycles. The molecule has 4 nitrogen and oxygen atoms in total. The van der Waals surface area contributed by atoms with Gasteiger partial charge in [0.15, 0.2) is 0 Å². The van der Waals surface area contributed by atoms with Crippen LogP contribution in [0.1, 0.15) is 34.5 Å². The fourth-order valence-corrected chi connectivity index (χ4v) is 2.13. The topological polar surface area (TPSA) is 48.4 Å². The van der Waals surface area contributed by atoms with E-state index in [2.05, 4.69) is 4.98 Å². The van der Waals surface area contributed by atoms with Crippen LogP contribution in [0.25, 0.3) is 0 Å². The Balaban J connectivity index is 2.51. The largest absolute Gasteiger partial charge is 0.495 e. The summed E-state index contributed by atoms with van der Waals surface area (Å²) in [4.78, 5) is 15.9. The Morgan fingerprint density at radius 3 is 2.75 bits per heavy atom. The van der Waals surface area contributed by atoms with E-state index in [0.29, 0.717) is 11.3 Å². The fraction of sp³-hybridized carbons (Fsp3) is 0.500. The number of pyridine rings is 1. The zero-order valence-corrected chi connectivity index (χ0v) is 9.58. The van der Waals surface area contributed by atoms with Crippen molar-refractivity contribution in [1.82, 2.24) is 4.98 Å². The molecule has 0 fully saturated rings. The maximum atomic E-state index is 11.5. The number of carbonyl (C=O) groups is 1. The molecular formula is C12H15NO3. The minimum absolute atomic E-state index is 0.391. The van der Waals surface area contributed by atoms with Gasteiger partial charge in [-0.1, -0.05) is 0 Å². The van der Waals surface area contributed by atoms with Crippen molar-refractivity contribution >= 4 is 5.97 Å². The monoisotopic (exact) mass is 221 g/mol. The molecule has 1 aromatic rings. The summed E-state index contributed by atoms with van der Waals surface area (Å²) < 4.78 is 10.0. The Hall–Kier alpha value is -1.58. The molecular weight excluding hydrogens is 206 g/mol. The molecule has 0 amide bonds. The Labute approximate surface area is 94.6 Å². The standard InChI is InChI=1S/C12H15NO3/c1-15-11-8-5-3-4-6-10(8)13-7-9(11)12(14)16-2/h7H,3-6H2,1-2H3. The second kappa shape index (κ2) is 4.51. The smallest absolute Gasteiger partial charge is 0.343 e. The van der Waals surface area contributed by atoms with Gasteiger partial charge < -0.3 is 9.47 Å². The van der Waals surface area contributed by atoms with E-state index in [0.717, 1.165) is 36.9 Å². The number of methoxy groups -OCH3 is 2. The van der Waals surface area contributed by atoms with Crippen LogP contribution in [0.5, 0.6) is 5.75 Å². The summed E-state index contributed by atoms with van der Waals surface area (Å²) in [6.45, 7) is 0. The Morgan fingerprint density at radius 1 is 1.31 bits per heavy atom. The normalized spacial score (nSPS) is 14.1. The average molecular weight is 221 g/mol. The molecule has 0 spiro atoms. The van der Waals surface area contributed by atoms with Crippen LogP contribution >= 0.6 is 0 Å². The average Bonchev–Trinajstić information content (AvgIpc) is 2.36.